The number of fused-ring (bicyclic) bond motifs is 1. The highest BCUT2D eigenvalue weighted by atomic mass is 35.5. The van der Waals surface area contributed by atoms with Gasteiger partial charge in [0.25, 0.3) is 5.91 Å². The molecule has 0 fully saturated rings. The van der Waals surface area contributed by atoms with E-state index in [1.54, 1.807) is 54.6 Å². The summed E-state index contributed by atoms with van der Waals surface area (Å²) in [6.07, 6.45) is 0. The fraction of sp³-hybridized carbons (Fsp3) is 0.0968. The van der Waals surface area contributed by atoms with Gasteiger partial charge in [-0.3, -0.25) is 9.59 Å². The third-order valence-corrected chi connectivity index (χ3v) is 6.19. The van der Waals surface area contributed by atoms with E-state index in [0.717, 1.165) is 11.1 Å². The van der Waals surface area contributed by atoms with Gasteiger partial charge in [-0.05, 0) is 79.6 Å². The lowest BCUT2D eigenvalue weighted by Crippen LogP contribution is -2.22. The molecule has 1 N–H and O–H groups in total. The molecule has 5 aromatic rings. The molecule has 1 aromatic heterocycles. The van der Waals surface area contributed by atoms with Crippen molar-refractivity contribution in [1.29, 1.82) is 0 Å². The predicted octanol–water partition coefficient (Wildman–Crippen LogP) is 7.54. The van der Waals surface area contributed by atoms with Crippen molar-refractivity contribution in [2.24, 2.45) is 0 Å². The Morgan fingerprint density at radius 1 is 0.895 bits per heavy atom. The fourth-order valence-corrected chi connectivity index (χ4v) is 4.37. The molecule has 1 amide bonds. The zero-order valence-electron chi connectivity index (χ0n) is 20.8. The summed E-state index contributed by atoms with van der Waals surface area (Å²) in [6.45, 7) is 3.37. The van der Waals surface area contributed by atoms with Crippen LogP contribution in [-0.2, 0) is 4.79 Å². The number of para-hydroxylation sites is 1. The number of benzene rings is 4. The first-order valence-electron chi connectivity index (χ1n) is 12.0. The third kappa shape index (κ3) is 5.41. The molecular formula is C31H24ClNO5. The number of halogens is 1. The zero-order valence-corrected chi connectivity index (χ0v) is 21.5. The van der Waals surface area contributed by atoms with Crippen LogP contribution in [0.5, 0.6) is 17.2 Å². The number of carbonyl (C=O) groups excluding carboxylic acids is 1. The Bertz CT molecular complexity index is 1680. The van der Waals surface area contributed by atoms with Gasteiger partial charge in [-0.2, -0.15) is 0 Å². The first-order chi connectivity index (χ1) is 18.4. The van der Waals surface area contributed by atoms with Crippen LogP contribution in [0.2, 0.25) is 5.02 Å². The Morgan fingerprint density at radius 3 is 2.32 bits per heavy atom. The molecule has 190 valence electrons. The Morgan fingerprint density at radius 2 is 1.58 bits per heavy atom. The molecule has 4 aromatic carbocycles. The van der Waals surface area contributed by atoms with Gasteiger partial charge < -0.3 is 19.2 Å². The second-order valence-electron chi connectivity index (χ2n) is 8.80. The summed E-state index contributed by atoms with van der Waals surface area (Å²) in [5, 5.41) is 3.54. The molecule has 6 nitrogen and oxygen atoms in total. The highest BCUT2D eigenvalue weighted by molar-refractivity contribution is 6.33. The van der Waals surface area contributed by atoms with Crippen molar-refractivity contribution in [1.82, 2.24) is 0 Å². The maximum Gasteiger partial charge on any atom is 0.262 e. The van der Waals surface area contributed by atoms with Crippen molar-refractivity contribution < 1.29 is 18.7 Å². The predicted molar refractivity (Wildman–Crippen MR) is 149 cm³/mol. The highest BCUT2D eigenvalue weighted by Crippen LogP contribution is 2.36. The molecule has 0 bridgehead atoms. The number of carbonyl (C=O) groups is 1. The molecule has 0 saturated carbocycles. The van der Waals surface area contributed by atoms with Crippen molar-refractivity contribution >= 4 is 34.2 Å². The summed E-state index contributed by atoms with van der Waals surface area (Å²) >= 11 is 6.43. The minimum absolute atomic E-state index is 0.0719. The molecule has 5 rings (SSSR count). The number of aryl methyl sites for hydroxylation is 2. The average Bonchev–Trinajstić information content (AvgIpc) is 2.90. The molecule has 1 heterocycles. The average molecular weight is 526 g/mol. The molecule has 7 heteroatoms. The van der Waals surface area contributed by atoms with Gasteiger partial charge in [0.2, 0.25) is 11.2 Å². The fourth-order valence-electron chi connectivity index (χ4n) is 4.15. The largest absolute Gasteiger partial charge is 0.476 e. The van der Waals surface area contributed by atoms with Crippen LogP contribution in [0.1, 0.15) is 11.1 Å². The Labute approximate surface area is 224 Å². The van der Waals surface area contributed by atoms with Gasteiger partial charge in [0.15, 0.2) is 12.4 Å². The number of hydrogen-bond acceptors (Lipinski definition) is 5. The van der Waals surface area contributed by atoms with E-state index in [-0.39, 0.29) is 16.9 Å². The Hall–Kier alpha value is -4.55. The van der Waals surface area contributed by atoms with E-state index in [0.29, 0.717) is 38.7 Å². The van der Waals surface area contributed by atoms with Crippen LogP contribution < -0.4 is 20.2 Å². The number of rotatable bonds is 7. The SMILES string of the molecule is Cc1cc(C)c2oc(-c3ccccc3Cl)c(OCC(=O)Nc3ccc(Oc4ccccc4)cc3)c(=O)c2c1. The number of hydrogen-bond donors (Lipinski definition) is 1. The van der Waals surface area contributed by atoms with Crippen molar-refractivity contribution in [2.45, 2.75) is 13.8 Å². The van der Waals surface area contributed by atoms with E-state index >= 15 is 0 Å². The van der Waals surface area contributed by atoms with Gasteiger partial charge in [-0.15, -0.1) is 0 Å². The molecule has 0 unspecified atom stereocenters. The lowest BCUT2D eigenvalue weighted by Gasteiger charge is -2.14. The standard InChI is InChI=1S/C31H24ClNO5/c1-19-16-20(2)29-25(17-19)28(35)31(30(38-29)24-10-6-7-11-26(24)32)36-18-27(34)33-21-12-14-23(15-13-21)37-22-8-4-3-5-9-22/h3-17H,18H2,1-2H3,(H,33,34). The van der Waals surface area contributed by atoms with E-state index in [9.17, 15) is 9.59 Å². The summed E-state index contributed by atoms with van der Waals surface area (Å²) in [7, 11) is 0. The first kappa shape index (κ1) is 25.1. The van der Waals surface area contributed by atoms with Crippen molar-refractivity contribution in [3.8, 4) is 28.6 Å². The first-order valence-corrected chi connectivity index (χ1v) is 12.4. The second-order valence-corrected chi connectivity index (χ2v) is 9.21. The van der Waals surface area contributed by atoms with Crippen molar-refractivity contribution in [3.05, 3.63) is 117 Å². The minimum Gasteiger partial charge on any atom is -0.476 e. The van der Waals surface area contributed by atoms with Crippen LogP contribution in [0, 0.1) is 13.8 Å². The molecule has 0 spiro atoms. The zero-order chi connectivity index (χ0) is 26.6. The summed E-state index contributed by atoms with van der Waals surface area (Å²) in [5.74, 6) is 1.01. The number of nitrogens with one attached hydrogen (secondary N) is 1. The molecule has 0 radical (unpaired) electrons. The van der Waals surface area contributed by atoms with E-state index in [1.165, 1.54) is 0 Å². The summed E-state index contributed by atoms with van der Waals surface area (Å²) in [6, 6.07) is 27.0. The molecule has 0 aliphatic rings. The molecule has 0 atom stereocenters. The van der Waals surface area contributed by atoms with Crippen molar-refractivity contribution in [2.75, 3.05) is 11.9 Å². The number of amides is 1. The second kappa shape index (κ2) is 10.8. The van der Waals surface area contributed by atoms with Gasteiger partial charge in [0.05, 0.1) is 10.4 Å². The lowest BCUT2D eigenvalue weighted by molar-refractivity contribution is -0.118. The van der Waals surface area contributed by atoms with Gasteiger partial charge in [-0.1, -0.05) is 48.0 Å². The molecule has 38 heavy (non-hydrogen) atoms. The lowest BCUT2D eigenvalue weighted by atomic mass is 10.1. The molecule has 0 aliphatic heterocycles. The van der Waals surface area contributed by atoms with E-state index < -0.39 is 12.5 Å². The summed E-state index contributed by atoms with van der Waals surface area (Å²) < 4.78 is 17.8. The maximum atomic E-state index is 13.5. The topological polar surface area (TPSA) is 77.8 Å². The van der Waals surface area contributed by atoms with Crippen LogP contribution in [0.25, 0.3) is 22.3 Å². The minimum atomic E-state index is -0.438. The number of ether oxygens (including phenoxy) is 2. The quantitative estimate of drug-likeness (QED) is 0.237. The van der Waals surface area contributed by atoms with E-state index in [1.807, 2.05) is 50.2 Å². The summed E-state index contributed by atoms with van der Waals surface area (Å²) in [5.41, 5.74) is 2.86. The van der Waals surface area contributed by atoms with Gasteiger partial charge >= 0.3 is 0 Å². The van der Waals surface area contributed by atoms with Crippen LogP contribution in [0.4, 0.5) is 5.69 Å². The van der Waals surface area contributed by atoms with Crippen LogP contribution in [0.15, 0.2) is 100 Å². The third-order valence-electron chi connectivity index (χ3n) is 5.86. The Balaban J connectivity index is 1.38. The van der Waals surface area contributed by atoms with Crippen LogP contribution >= 0.6 is 11.6 Å². The smallest absolute Gasteiger partial charge is 0.262 e. The highest BCUT2D eigenvalue weighted by Gasteiger charge is 2.21. The summed E-state index contributed by atoms with van der Waals surface area (Å²) in [4.78, 5) is 26.3. The van der Waals surface area contributed by atoms with Gasteiger partial charge in [0, 0.05) is 11.3 Å². The van der Waals surface area contributed by atoms with Gasteiger partial charge in [0.1, 0.15) is 17.1 Å². The monoisotopic (exact) mass is 525 g/mol. The molecule has 0 saturated heterocycles. The molecule has 0 aliphatic carbocycles. The van der Waals surface area contributed by atoms with E-state index in [4.69, 9.17) is 25.5 Å². The Kier molecular flexibility index (Phi) is 7.15. The maximum absolute atomic E-state index is 13.5. The van der Waals surface area contributed by atoms with Crippen molar-refractivity contribution in [3.63, 3.8) is 0 Å². The van der Waals surface area contributed by atoms with Crippen LogP contribution in [-0.4, -0.2) is 12.5 Å². The van der Waals surface area contributed by atoms with Gasteiger partial charge in [-0.25, -0.2) is 0 Å². The number of anilines is 1. The normalized spacial score (nSPS) is 10.8. The van der Waals surface area contributed by atoms with Crippen LogP contribution in [0.3, 0.4) is 0 Å². The molecular weight excluding hydrogens is 502 g/mol. The van der Waals surface area contributed by atoms with E-state index in [2.05, 4.69) is 5.32 Å².